The molecule has 0 radical (unpaired) electrons. The van der Waals surface area contributed by atoms with E-state index in [2.05, 4.69) is 10.6 Å². The van der Waals surface area contributed by atoms with E-state index in [1.807, 2.05) is 0 Å². The topological polar surface area (TPSA) is 122 Å². The SMILES string of the molecule is COC[C@H](C)NC(=O)CC1(O)C2CC[C@H]1CC(S(=O)(=O)c1cc(C(=O)Nc3cc(F)c(F)c(F)c3)ccc1Cl)C2. The zero-order valence-electron chi connectivity index (χ0n) is 21.8. The third-order valence-electron chi connectivity index (χ3n) is 7.82. The van der Waals surface area contributed by atoms with Gasteiger partial charge in [0.25, 0.3) is 5.91 Å². The van der Waals surface area contributed by atoms with Gasteiger partial charge in [0.05, 0.1) is 33.8 Å². The van der Waals surface area contributed by atoms with E-state index >= 15 is 0 Å². The number of carbonyl (C=O) groups is 2. The molecule has 2 aliphatic rings. The summed E-state index contributed by atoms with van der Waals surface area (Å²) in [5.41, 5.74) is -1.84. The van der Waals surface area contributed by atoms with Crippen LogP contribution in [0.5, 0.6) is 0 Å². The Morgan fingerprint density at radius 1 is 1.12 bits per heavy atom. The number of carbonyl (C=O) groups excluding carboxylic acids is 2. The van der Waals surface area contributed by atoms with Crippen LogP contribution in [0.4, 0.5) is 18.9 Å². The van der Waals surface area contributed by atoms with Crippen molar-refractivity contribution in [3.8, 4) is 0 Å². The van der Waals surface area contributed by atoms with E-state index in [1.54, 1.807) is 6.92 Å². The van der Waals surface area contributed by atoms with Gasteiger partial charge >= 0.3 is 0 Å². The summed E-state index contributed by atoms with van der Waals surface area (Å²) in [5, 5.41) is 15.4. The summed E-state index contributed by atoms with van der Waals surface area (Å²) >= 11 is 6.25. The third kappa shape index (κ3) is 6.00. The van der Waals surface area contributed by atoms with Gasteiger partial charge in [-0.2, -0.15) is 0 Å². The molecule has 3 unspecified atom stereocenters. The maximum atomic E-state index is 13.7. The van der Waals surface area contributed by atoms with Gasteiger partial charge in [0.1, 0.15) is 0 Å². The van der Waals surface area contributed by atoms with Gasteiger partial charge in [-0.05, 0) is 62.6 Å². The minimum Gasteiger partial charge on any atom is -0.389 e. The molecule has 2 bridgehead atoms. The number of halogens is 4. The lowest BCUT2D eigenvalue weighted by Gasteiger charge is -2.42. The fourth-order valence-corrected chi connectivity index (χ4v) is 8.30. The Hall–Kier alpha value is -2.67. The highest BCUT2D eigenvalue weighted by atomic mass is 35.5. The van der Waals surface area contributed by atoms with Crippen molar-refractivity contribution in [2.75, 3.05) is 19.0 Å². The third-order valence-corrected chi connectivity index (χ3v) is 10.5. The van der Waals surface area contributed by atoms with Crippen molar-refractivity contribution in [1.82, 2.24) is 5.32 Å². The molecule has 0 heterocycles. The second-order valence-electron chi connectivity index (χ2n) is 10.6. The van der Waals surface area contributed by atoms with Crippen molar-refractivity contribution < 1.29 is 41.0 Å². The fourth-order valence-electron chi connectivity index (χ4n) is 5.90. The Morgan fingerprint density at radius 3 is 2.30 bits per heavy atom. The molecule has 2 saturated carbocycles. The van der Waals surface area contributed by atoms with Crippen LogP contribution in [0, 0.1) is 29.3 Å². The molecule has 3 N–H and O–H groups in total. The number of ether oxygens (including phenoxy) is 1. The van der Waals surface area contributed by atoms with Crippen LogP contribution in [-0.4, -0.2) is 55.9 Å². The first-order chi connectivity index (χ1) is 18.8. The Balaban J connectivity index is 1.51. The number of fused-ring (bicyclic) bond motifs is 2. The predicted octanol–water partition coefficient (Wildman–Crippen LogP) is 4.24. The number of sulfone groups is 1. The van der Waals surface area contributed by atoms with Gasteiger partial charge < -0.3 is 20.5 Å². The molecule has 2 aromatic carbocycles. The molecule has 0 spiro atoms. The average Bonchev–Trinajstić information content (AvgIpc) is 3.03. The lowest BCUT2D eigenvalue weighted by Crippen LogP contribution is -2.51. The van der Waals surface area contributed by atoms with Crippen LogP contribution in [0.15, 0.2) is 35.2 Å². The molecule has 2 amide bonds. The van der Waals surface area contributed by atoms with E-state index in [4.69, 9.17) is 16.3 Å². The first-order valence-electron chi connectivity index (χ1n) is 12.8. The highest BCUT2D eigenvalue weighted by molar-refractivity contribution is 7.92. The summed E-state index contributed by atoms with van der Waals surface area (Å²) in [6.07, 6.45) is 1.20. The number of rotatable bonds is 9. The predicted molar refractivity (Wildman–Crippen MR) is 141 cm³/mol. The van der Waals surface area contributed by atoms with E-state index in [-0.39, 0.29) is 52.4 Å². The van der Waals surface area contributed by atoms with Crippen LogP contribution in [0.2, 0.25) is 5.02 Å². The van der Waals surface area contributed by atoms with E-state index in [9.17, 15) is 36.3 Å². The van der Waals surface area contributed by atoms with Crippen LogP contribution in [0.1, 0.15) is 49.4 Å². The Kier molecular flexibility index (Phi) is 8.84. The van der Waals surface area contributed by atoms with E-state index in [1.165, 1.54) is 19.2 Å². The Morgan fingerprint density at radius 2 is 1.73 bits per heavy atom. The molecule has 2 fully saturated rings. The normalized spacial score (nSPS) is 24.9. The number of hydrogen-bond donors (Lipinski definition) is 3. The quantitative estimate of drug-likeness (QED) is 0.369. The van der Waals surface area contributed by atoms with Crippen molar-refractivity contribution in [3.63, 3.8) is 0 Å². The number of benzene rings is 2. The van der Waals surface area contributed by atoms with Gasteiger partial charge in [-0.3, -0.25) is 9.59 Å². The van der Waals surface area contributed by atoms with Crippen molar-refractivity contribution in [3.05, 3.63) is 58.4 Å². The van der Waals surface area contributed by atoms with E-state index < -0.39 is 55.9 Å². The van der Waals surface area contributed by atoms with Crippen LogP contribution in [0.3, 0.4) is 0 Å². The Labute approximate surface area is 235 Å². The smallest absolute Gasteiger partial charge is 0.255 e. The highest BCUT2D eigenvalue weighted by Crippen LogP contribution is 2.53. The van der Waals surface area contributed by atoms with Crippen molar-refractivity contribution in [1.29, 1.82) is 0 Å². The second-order valence-corrected chi connectivity index (χ2v) is 13.2. The molecule has 2 aromatic rings. The van der Waals surface area contributed by atoms with Gasteiger partial charge in [-0.25, -0.2) is 21.6 Å². The lowest BCUT2D eigenvalue weighted by atomic mass is 9.72. The lowest BCUT2D eigenvalue weighted by molar-refractivity contribution is -0.133. The fraction of sp³-hybridized carbons (Fsp3) is 0.481. The standard InChI is InChI=1S/C27H30ClF3N2O6S/c1-14(13-39-2)32-24(34)12-27(36)16-4-5-17(27)9-19(8-16)40(37,38)23-7-15(3-6-20(23)28)26(35)33-18-10-21(29)25(31)22(30)11-18/h3,6-7,10-11,14,16-17,19,36H,4-5,8-9,12-13H2,1-2H3,(H,32,34)(H,33,35)/t14-,16-,17?,19?,27?/m0/s1. The second kappa shape index (κ2) is 11.7. The summed E-state index contributed by atoms with van der Waals surface area (Å²) in [4.78, 5) is 25.0. The first-order valence-corrected chi connectivity index (χ1v) is 14.7. The van der Waals surface area contributed by atoms with Gasteiger partial charge in [-0.1, -0.05) is 11.6 Å². The number of hydrogen-bond acceptors (Lipinski definition) is 6. The molecule has 0 saturated heterocycles. The monoisotopic (exact) mass is 602 g/mol. The van der Waals surface area contributed by atoms with Gasteiger partial charge in [0.15, 0.2) is 27.3 Å². The zero-order valence-corrected chi connectivity index (χ0v) is 23.4. The van der Waals surface area contributed by atoms with Gasteiger partial charge in [0, 0.05) is 36.5 Å². The van der Waals surface area contributed by atoms with Crippen molar-refractivity contribution in [2.45, 2.75) is 60.8 Å². The summed E-state index contributed by atoms with van der Waals surface area (Å²) in [6.45, 7) is 2.09. The van der Waals surface area contributed by atoms with Crippen molar-refractivity contribution >= 4 is 38.9 Å². The van der Waals surface area contributed by atoms with E-state index in [0.29, 0.717) is 31.6 Å². The molecule has 13 heteroatoms. The minimum atomic E-state index is -4.08. The van der Waals surface area contributed by atoms with Gasteiger partial charge in [-0.15, -0.1) is 0 Å². The van der Waals surface area contributed by atoms with Crippen LogP contribution in [0.25, 0.3) is 0 Å². The number of methoxy groups -OCH3 is 1. The maximum Gasteiger partial charge on any atom is 0.255 e. The molecule has 40 heavy (non-hydrogen) atoms. The molecular weight excluding hydrogens is 573 g/mol. The molecule has 8 nitrogen and oxygen atoms in total. The number of amides is 2. The van der Waals surface area contributed by atoms with Crippen LogP contribution in [-0.2, 0) is 19.4 Å². The summed E-state index contributed by atoms with van der Waals surface area (Å²) in [7, 11) is -2.57. The highest BCUT2D eigenvalue weighted by Gasteiger charge is 2.56. The molecule has 0 aromatic heterocycles. The number of anilines is 1. The Bertz CT molecular complexity index is 1390. The molecule has 218 valence electrons. The van der Waals surface area contributed by atoms with Gasteiger partial charge in [0.2, 0.25) is 5.91 Å². The molecule has 5 atom stereocenters. The maximum absolute atomic E-state index is 13.7. The zero-order chi connectivity index (χ0) is 29.4. The minimum absolute atomic E-state index is 0.108. The van der Waals surface area contributed by atoms with Crippen LogP contribution >= 0.6 is 11.6 Å². The van der Waals surface area contributed by atoms with E-state index in [0.717, 1.165) is 6.07 Å². The molecular formula is C27H30ClF3N2O6S. The summed E-state index contributed by atoms with van der Waals surface area (Å²) < 4.78 is 72.8. The largest absolute Gasteiger partial charge is 0.389 e. The molecule has 4 rings (SSSR count). The molecule has 0 aliphatic heterocycles. The number of aliphatic hydroxyl groups is 1. The van der Waals surface area contributed by atoms with Crippen LogP contribution < -0.4 is 10.6 Å². The summed E-state index contributed by atoms with van der Waals surface area (Å²) in [6, 6.07) is 4.51. The summed E-state index contributed by atoms with van der Waals surface area (Å²) in [5.74, 6) is -6.76. The molecule has 2 aliphatic carbocycles. The first kappa shape index (κ1) is 30.3. The number of nitrogens with one attached hydrogen (secondary N) is 2. The van der Waals surface area contributed by atoms with Crippen molar-refractivity contribution in [2.24, 2.45) is 11.8 Å². The average molecular weight is 603 g/mol.